The van der Waals surface area contributed by atoms with Crippen molar-refractivity contribution < 1.29 is 4.74 Å². The topological polar surface area (TPSA) is 9.23 Å². The van der Waals surface area contributed by atoms with Gasteiger partial charge in [0.25, 0.3) is 0 Å². The van der Waals surface area contributed by atoms with Crippen LogP contribution in [-0.4, -0.2) is 6.61 Å². The first-order chi connectivity index (χ1) is 6.72. The standard InChI is InChI=1S/C10H8I2OS/c1-2-13-9-7-5-6(11)3-4-8(7)14-10(9)12/h3-5H,2H2,1H3. The summed E-state index contributed by atoms with van der Waals surface area (Å²) in [6.07, 6.45) is 0. The molecule has 14 heavy (non-hydrogen) atoms. The summed E-state index contributed by atoms with van der Waals surface area (Å²) >= 11 is 6.45. The van der Waals surface area contributed by atoms with Gasteiger partial charge in [0.1, 0.15) is 2.88 Å². The second-order valence-corrected chi connectivity index (χ2v) is 6.89. The maximum atomic E-state index is 5.64. The van der Waals surface area contributed by atoms with Crippen molar-refractivity contribution >= 4 is 66.6 Å². The quantitative estimate of drug-likeness (QED) is 0.638. The molecule has 74 valence electrons. The minimum Gasteiger partial charge on any atom is -0.491 e. The molecule has 0 fully saturated rings. The molecule has 0 radical (unpaired) electrons. The maximum absolute atomic E-state index is 5.64. The SMILES string of the molecule is CCOc1c(I)sc2ccc(I)cc12. The molecule has 0 bridgehead atoms. The van der Waals surface area contributed by atoms with Gasteiger partial charge in [-0.05, 0) is 70.3 Å². The first-order valence-corrected chi connectivity index (χ1v) is 7.20. The van der Waals surface area contributed by atoms with E-state index < -0.39 is 0 Å². The van der Waals surface area contributed by atoms with Gasteiger partial charge >= 0.3 is 0 Å². The molecule has 0 unspecified atom stereocenters. The minimum absolute atomic E-state index is 0.729. The van der Waals surface area contributed by atoms with Crippen LogP contribution in [0.15, 0.2) is 18.2 Å². The zero-order valence-electron chi connectivity index (χ0n) is 7.51. The predicted molar refractivity (Wildman–Crippen MR) is 78.4 cm³/mol. The number of rotatable bonds is 2. The van der Waals surface area contributed by atoms with Crippen molar-refractivity contribution in [2.45, 2.75) is 6.92 Å². The molecule has 0 aliphatic rings. The van der Waals surface area contributed by atoms with Gasteiger partial charge in [-0.1, -0.05) is 0 Å². The van der Waals surface area contributed by atoms with Gasteiger partial charge in [0, 0.05) is 13.7 Å². The van der Waals surface area contributed by atoms with Crippen LogP contribution in [0.5, 0.6) is 5.75 Å². The van der Waals surface area contributed by atoms with Gasteiger partial charge < -0.3 is 4.74 Å². The molecule has 1 heterocycles. The second kappa shape index (κ2) is 4.52. The summed E-state index contributed by atoms with van der Waals surface area (Å²) in [5.41, 5.74) is 0. The van der Waals surface area contributed by atoms with Gasteiger partial charge in [-0.15, -0.1) is 11.3 Å². The third-order valence-electron chi connectivity index (χ3n) is 1.85. The van der Waals surface area contributed by atoms with Gasteiger partial charge in [0.2, 0.25) is 0 Å². The molecule has 0 N–H and O–H groups in total. The van der Waals surface area contributed by atoms with Crippen LogP contribution in [0, 0.1) is 6.45 Å². The molecule has 0 aliphatic heterocycles. The summed E-state index contributed by atoms with van der Waals surface area (Å²) in [5, 5.41) is 1.24. The minimum atomic E-state index is 0.729. The lowest BCUT2D eigenvalue weighted by atomic mass is 10.2. The maximum Gasteiger partial charge on any atom is 0.151 e. The summed E-state index contributed by atoms with van der Waals surface area (Å²) < 4.78 is 9.44. The lowest BCUT2D eigenvalue weighted by Gasteiger charge is -2.01. The predicted octanol–water partition coefficient (Wildman–Crippen LogP) is 4.51. The first-order valence-electron chi connectivity index (χ1n) is 4.22. The number of hydrogen-bond donors (Lipinski definition) is 0. The largest absolute Gasteiger partial charge is 0.491 e. The van der Waals surface area contributed by atoms with Crippen molar-refractivity contribution in [3.05, 3.63) is 24.7 Å². The Labute approximate surface area is 114 Å². The van der Waals surface area contributed by atoms with Gasteiger partial charge in [0.05, 0.1) is 6.61 Å². The molecule has 4 heteroatoms. The number of halogens is 2. The van der Waals surface area contributed by atoms with Crippen LogP contribution in [0.1, 0.15) is 6.92 Å². The average molecular weight is 430 g/mol. The highest BCUT2D eigenvalue weighted by atomic mass is 127. The third kappa shape index (κ3) is 2.01. The first kappa shape index (κ1) is 10.9. The Hall–Kier alpha value is 0.440. The molecular weight excluding hydrogens is 422 g/mol. The third-order valence-corrected chi connectivity index (χ3v) is 4.61. The Kier molecular flexibility index (Phi) is 3.54. The summed E-state index contributed by atoms with van der Waals surface area (Å²) in [4.78, 5) is 0. The van der Waals surface area contributed by atoms with Gasteiger partial charge in [-0.25, -0.2) is 0 Å². The van der Waals surface area contributed by atoms with Gasteiger partial charge in [-0.3, -0.25) is 0 Å². The van der Waals surface area contributed by atoms with E-state index in [0.717, 1.165) is 12.4 Å². The lowest BCUT2D eigenvalue weighted by Crippen LogP contribution is -1.91. The smallest absolute Gasteiger partial charge is 0.151 e. The Morgan fingerprint density at radius 2 is 2.14 bits per heavy atom. The van der Waals surface area contributed by atoms with Crippen LogP contribution in [0.2, 0.25) is 0 Å². The molecule has 1 nitrogen and oxygen atoms in total. The monoisotopic (exact) mass is 430 g/mol. The zero-order valence-corrected chi connectivity index (χ0v) is 12.6. The summed E-state index contributed by atoms with van der Waals surface area (Å²) in [6, 6.07) is 6.47. The van der Waals surface area contributed by atoms with E-state index in [1.807, 2.05) is 6.92 Å². The normalized spacial score (nSPS) is 10.8. The zero-order chi connectivity index (χ0) is 10.1. The fraction of sp³-hybridized carbons (Fsp3) is 0.200. The van der Waals surface area contributed by atoms with Crippen molar-refractivity contribution in [2.75, 3.05) is 6.61 Å². The highest BCUT2D eigenvalue weighted by Gasteiger charge is 2.10. The van der Waals surface area contributed by atoms with Crippen LogP contribution >= 0.6 is 56.5 Å². The Balaban J connectivity index is 2.66. The molecule has 1 aromatic heterocycles. The lowest BCUT2D eigenvalue weighted by molar-refractivity contribution is 0.343. The van der Waals surface area contributed by atoms with Crippen LogP contribution in [0.25, 0.3) is 10.1 Å². The average Bonchev–Trinajstić information content (AvgIpc) is 2.45. The molecule has 0 saturated carbocycles. The van der Waals surface area contributed by atoms with Crippen molar-refractivity contribution in [1.82, 2.24) is 0 Å². The summed E-state index contributed by atoms with van der Waals surface area (Å²) in [5.74, 6) is 1.05. The van der Waals surface area contributed by atoms with E-state index in [-0.39, 0.29) is 0 Å². The fourth-order valence-electron chi connectivity index (χ4n) is 1.30. The summed E-state index contributed by atoms with van der Waals surface area (Å²) in [7, 11) is 0. The van der Waals surface area contributed by atoms with E-state index >= 15 is 0 Å². The van der Waals surface area contributed by atoms with E-state index in [2.05, 4.69) is 63.4 Å². The highest BCUT2D eigenvalue weighted by molar-refractivity contribution is 14.1. The number of hydrogen-bond acceptors (Lipinski definition) is 2. The van der Waals surface area contributed by atoms with Crippen molar-refractivity contribution in [2.24, 2.45) is 0 Å². The Bertz CT molecular complexity index is 464. The van der Waals surface area contributed by atoms with E-state index in [1.54, 1.807) is 11.3 Å². The molecule has 2 rings (SSSR count). The number of thiophene rings is 1. The Morgan fingerprint density at radius 3 is 2.86 bits per heavy atom. The number of ether oxygens (including phenoxy) is 1. The van der Waals surface area contributed by atoms with Gasteiger partial charge in [0.15, 0.2) is 5.75 Å². The van der Waals surface area contributed by atoms with Gasteiger partial charge in [-0.2, -0.15) is 0 Å². The van der Waals surface area contributed by atoms with Crippen LogP contribution in [-0.2, 0) is 0 Å². The van der Waals surface area contributed by atoms with Crippen molar-refractivity contribution in [3.8, 4) is 5.75 Å². The molecule has 2 aromatic rings. The van der Waals surface area contributed by atoms with Crippen molar-refractivity contribution in [3.63, 3.8) is 0 Å². The molecule has 0 amide bonds. The van der Waals surface area contributed by atoms with Crippen molar-refractivity contribution in [1.29, 1.82) is 0 Å². The highest BCUT2D eigenvalue weighted by Crippen LogP contribution is 2.39. The molecular formula is C10H8I2OS. The fourth-order valence-corrected chi connectivity index (χ4v) is 3.80. The second-order valence-electron chi connectivity index (χ2n) is 2.78. The number of fused-ring (bicyclic) bond motifs is 1. The van der Waals surface area contributed by atoms with E-state index in [9.17, 15) is 0 Å². The molecule has 1 aromatic carbocycles. The molecule has 0 spiro atoms. The van der Waals surface area contributed by atoms with Crippen LogP contribution in [0.3, 0.4) is 0 Å². The molecule has 0 atom stereocenters. The van der Waals surface area contributed by atoms with Crippen LogP contribution in [0.4, 0.5) is 0 Å². The molecule has 0 saturated heterocycles. The molecule has 0 aliphatic carbocycles. The number of benzene rings is 1. The Morgan fingerprint density at radius 1 is 1.36 bits per heavy atom. The van der Waals surface area contributed by atoms with Crippen LogP contribution < -0.4 is 4.74 Å². The van der Waals surface area contributed by atoms with E-state index in [1.165, 1.54) is 16.5 Å². The van der Waals surface area contributed by atoms with E-state index in [4.69, 9.17) is 4.74 Å². The summed E-state index contributed by atoms with van der Waals surface area (Å²) in [6.45, 7) is 2.75. The van der Waals surface area contributed by atoms with E-state index in [0.29, 0.717) is 0 Å².